The summed E-state index contributed by atoms with van der Waals surface area (Å²) in [4.78, 5) is 13.3. The van der Waals surface area contributed by atoms with Crippen LogP contribution in [-0.2, 0) is 4.79 Å². The highest BCUT2D eigenvalue weighted by Gasteiger charge is 2.21. The van der Waals surface area contributed by atoms with Crippen molar-refractivity contribution in [1.29, 1.82) is 0 Å². The predicted molar refractivity (Wildman–Crippen MR) is 91.5 cm³/mol. The van der Waals surface area contributed by atoms with Crippen molar-refractivity contribution in [3.05, 3.63) is 22.4 Å². The van der Waals surface area contributed by atoms with E-state index in [1.807, 2.05) is 29.1 Å². The first-order valence-corrected chi connectivity index (χ1v) is 9.84. The average molecular weight is 352 g/mol. The number of carbonyl (C=O) groups excluding carboxylic acids is 1. The van der Waals surface area contributed by atoms with Crippen LogP contribution in [0.3, 0.4) is 0 Å². The lowest BCUT2D eigenvalue weighted by atomic mass is 9.96. The second-order valence-electron chi connectivity index (χ2n) is 5.79. The zero-order valence-electron chi connectivity index (χ0n) is 13.1. The number of carbonyl (C=O) groups is 1. The van der Waals surface area contributed by atoms with Crippen molar-refractivity contribution in [2.24, 2.45) is 0 Å². The second kappa shape index (κ2) is 7.92. The molecule has 1 unspecified atom stereocenters. The Hall–Kier alpha value is -1.41. The zero-order valence-corrected chi connectivity index (χ0v) is 14.8. The van der Waals surface area contributed by atoms with E-state index < -0.39 is 0 Å². The van der Waals surface area contributed by atoms with Crippen LogP contribution in [0.5, 0.6) is 0 Å². The molecule has 1 fully saturated rings. The van der Waals surface area contributed by atoms with Crippen LogP contribution in [-0.4, -0.2) is 31.9 Å². The Kier molecular flexibility index (Phi) is 5.66. The van der Waals surface area contributed by atoms with Gasteiger partial charge >= 0.3 is 0 Å². The largest absolute Gasteiger partial charge is 0.348 e. The summed E-state index contributed by atoms with van der Waals surface area (Å²) < 4.78 is 1.90. The number of aromatic nitrogens is 4. The molecule has 124 valence electrons. The van der Waals surface area contributed by atoms with Gasteiger partial charge < -0.3 is 5.32 Å². The van der Waals surface area contributed by atoms with Crippen molar-refractivity contribution in [1.82, 2.24) is 25.5 Å². The van der Waals surface area contributed by atoms with E-state index >= 15 is 0 Å². The van der Waals surface area contributed by atoms with Gasteiger partial charge in [-0.1, -0.05) is 37.1 Å². The summed E-state index contributed by atoms with van der Waals surface area (Å²) in [6.45, 7) is 2.00. The van der Waals surface area contributed by atoms with Crippen LogP contribution < -0.4 is 5.32 Å². The van der Waals surface area contributed by atoms with Crippen molar-refractivity contribution < 1.29 is 4.79 Å². The Labute approximate surface area is 144 Å². The highest BCUT2D eigenvalue weighted by Crippen LogP contribution is 2.30. The van der Waals surface area contributed by atoms with Gasteiger partial charge in [0.2, 0.25) is 11.1 Å². The van der Waals surface area contributed by atoms with Gasteiger partial charge in [-0.25, -0.2) is 4.68 Å². The van der Waals surface area contributed by atoms with Crippen molar-refractivity contribution >= 4 is 29.0 Å². The SMILES string of the molecule is CC(NC(=O)CSc1nnnn1C1CCCCC1)c1cccs1. The van der Waals surface area contributed by atoms with E-state index in [1.54, 1.807) is 11.3 Å². The van der Waals surface area contributed by atoms with Crippen LogP contribution in [0, 0.1) is 0 Å². The molecular formula is C15H21N5OS2. The Morgan fingerprint density at radius 2 is 2.30 bits per heavy atom. The summed E-state index contributed by atoms with van der Waals surface area (Å²) in [6.07, 6.45) is 6.01. The standard InChI is InChI=1S/C15H21N5OS2/c1-11(13-8-5-9-22-13)16-14(21)10-23-15-17-18-19-20(15)12-6-3-2-4-7-12/h5,8-9,11-12H,2-4,6-7,10H2,1H3,(H,16,21). The summed E-state index contributed by atoms with van der Waals surface area (Å²) in [5, 5.41) is 17.8. The third-order valence-electron chi connectivity index (χ3n) is 4.06. The molecular weight excluding hydrogens is 330 g/mol. The molecule has 0 spiro atoms. The van der Waals surface area contributed by atoms with Crippen LogP contribution in [0.2, 0.25) is 0 Å². The summed E-state index contributed by atoms with van der Waals surface area (Å²) in [6, 6.07) is 4.45. The maximum atomic E-state index is 12.1. The number of rotatable bonds is 6. The topological polar surface area (TPSA) is 72.7 Å². The smallest absolute Gasteiger partial charge is 0.230 e. The first kappa shape index (κ1) is 16.4. The molecule has 2 aromatic heterocycles. The summed E-state index contributed by atoms with van der Waals surface area (Å²) in [5.74, 6) is 0.345. The maximum absolute atomic E-state index is 12.1. The molecule has 1 N–H and O–H groups in total. The Balaban J connectivity index is 1.52. The molecule has 0 bridgehead atoms. The predicted octanol–water partition coefficient (Wildman–Crippen LogP) is 3.21. The lowest BCUT2D eigenvalue weighted by Gasteiger charge is -2.22. The molecule has 1 aliphatic carbocycles. The third kappa shape index (κ3) is 4.32. The first-order chi connectivity index (χ1) is 11.2. The summed E-state index contributed by atoms with van der Waals surface area (Å²) >= 11 is 3.07. The molecule has 0 saturated heterocycles. The molecule has 0 radical (unpaired) electrons. The number of nitrogens with one attached hydrogen (secondary N) is 1. The van der Waals surface area contributed by atoms with Crippen LogP contribution in [0.1, 0.15) is 56.0 Å². The maximum Gasteiger partial charge on any atom is 0.230 e. The molecule has 6 nitrogen and oxygen atoms in total. The van der Waals surface area contributed by atoms with Gasteiger partial charge in [0.25, 0.3) is 0 Å². The van der Waals surface area contributed by atoms with E-state index in [1.165, 1.54) is 31.0 Å². The van der Waals surface area contributed by atoms with E-state index in [0.29, 0.717) is 11.8 Å². The molecule has 2 aromatic rings. The fraction of sp³-hybridized carbons (Fsp3) is 0.600. The van der Waals surface area contributed by atoms with E-state index in [2.05, 4.69) is 20.8 Å². The van der Waals surface area contributed by atoms with Crippen molar-refractivity contribution in [3.8, 4) is 0 Å². The minimum Gasteiger partial charge on any atom is -0.348 e. The first-order valence-electron chi connectivity index (χ1n) is 7.97. The van der Waals surface area contributed by atoms with Gasteiger partial charge in [0.1, 0.15) is 0 Å². The molecule has 1 atom stereocenters. The fourth-order valence-corrected chi connectivity index (χ4v) is 4.35. The second-order valence-corrected chi connectivity index (χ2v) is 7.71. The molecule has 1 aliphatic rings. The number of nitrogens with zero attached hydrogens (tertiary/aromatic N) is 4. The minimum atomic E-state index is 0.00842. The Morgan fingerprint density at radius 3 is 3.04 bits per heavy atom. The van der Waals surface area contributed by atoms with Crippen molar-refractivity contribution in [2.45, 2.75) is 56.3 Å². The number of hydrogen-bond acceptors (Lipinski definition) is 6. The van der Waals surface area contributed by atoms with E-state index in [-0.39, 0.29) is 11.9 Å². The molecule has 0 aromatic carbocycles. The average Bonchev–Trinajstić information content (AvgIpc) is 3.25. The number of hydrogen-bond donors (Lipinski definition) is 1. The highest BCUT2D eigenvalue weighted by atomic mass is 32.2. The third-order valence-corrected chi connectivity index (χ3v) is 6.05. The number of thioether (sulfide) groups is 1. The summed E-state index contributed by atoms with van der Waals surface area (Å²) in [5.41, 5.74) is 0. The molecule has 8 heteroatoms. The Morgan fingerprint density at radius 1 is 1.48 bits per heavy atom. The van der Waals surface area contributed by atoms with E-state index in [4.69, 9.17) is 0 Å². The summed E-state index contributed by atoms with van der Waals surface area (Å²) in [7, 11) is 0. The number of tetrazole rings is 1. The fourth-order valence-electron chi connectivity index (χ4n) is 2.86. The Bertz CT molecular complexity index is 622. The highest BCUT2D eigenvalue weighted by molar-refractivity contribution is 7.99. The van der Waals surface area contributed by atoms with Crippen molar-refractivity contribution in [3.63, 3.8) is 0 Å². The quantitative estimate of drug-likeness (QED) is 0.809. The van der Waals surface area contributed by atoms with Gasteiger partial charge in [-0.2, -0.15) is 0 Å². The molecule has 23 heavy (non-hydrogen) atoms. The lowest BCUT2D eigenvalue weighted by Crippen LogP contribution is -2.28. The number of amides is 1. The lowest BCUT2D eigenvalue weighted by molar-refractivity contribution is -0.119. The van der Waals surface area contributed by atoms with Crippen LogP contribution in [0.4, 0.5) is 0 Å². The van der Waals surface area contributed by atoms with Gasteiger partial charge in [0.15, 0.2) is 0 Å². The van der Waals surface area contributed by atoms with Gasteiger partial charge in [0.05, 0.1) is 17.8 Å². The normalized spacial score (nSPS) is 17.1. The van der Waals surface area contributed by atoms with Gasteiger partial charge in [-0.05, 0) is 41.6 Å². The van der Waals surface area contributed by atoms with Gasteiger partial charge in [0, 0.05) is 4.88 Å². The molecule has 3 rings (SSSR count). The van der Waals surface area contributed by atoms with Gasteiger partial charge in [-0.3, -0.25) is 4.79 Å². The van der Waals surface area contributed by atoms with Crippen molar-refractivity contribution in [2.75, 3.05) is 5.75 Å². The van der Waals surface area contributed by atoms with E-state index in [0.717, 1.165) is 22.9 Å². The monoisotopic (exact) mass is 351 g/mol. The van der Waals surface area contributed by atoms with Crippen LogP contribution in [0.15, 0.2) is 22.7 Å². The molecule has 0 aliphatic heterocycles. The number of thiophene rings is 1. The van der Waals surface area contributed by atoms with Crippen LogP contribution >= 0.6 is 23.1 Å². The van der Waals surface area contributed by atoms with Crippen LogP contribution in [0.25, 0.3) is 0 Å². The minimum absolute atomic E-state index is 0.00842. The molecule has 1 amide bonds. The molecule has 2 heterocycles. The van der Waals surface area contributed by atoms with Gasteiger partial charge in [-0.15, -0.1) is 16.4 Å². The zero-order chi connectivity index (χ0) is 16.1. The van der Waals surface area contributed by atoms with E-state index in [9.17, 15) is 4.79 Å². The molecule has 1 saturated carbocycles.